The minimum absolute atomic E-state index is 0.0217. The van der Waals surface area contributed by atoms with Crippen LogP contribution in [0.4, 0.5) is 0 Å². The number of nitrogens with zero attached hydrogens (tertiary/aromatic N) is 1. The third kappa shape index (κ3) is 4.47. The van der Waals surface area contributed by atoms with Crippen LogP contribution in [0.15, 0.2) is 0 Å². The molecule has 3 aliphatic heterocycles. The molecule has 47 heavy (non-hydrogen) atoms. The Morgan fingerprint density at radius 1 is 0.957 bits per heavy atom. The highest BCUT2D eigenvalue weighted by molar-refractivity contribution is 5.33. The normalized spacial score (nSPS) is 53.1. The molecule has 5 aliphatic carbocycles. The molecule has 0 amide bonds. The maximum Gasteiger partial charge on any atom is 0.170 e. The van der Waals surface area contributed by atoms with Gasteiger partial charge in [0.2, 0.25) is 0 Å². The molecule has 8 rings (SSSR count). The molecule has 0 radical (unpaired) electrons. The number of ether oxygens (including phenoxy) is 6. The van der Waals surface area contributed by atoms with Crippen molar-refractivity contribution in [1.82, 2.24) is 4.90 Å². The van der Waals surface area contributed by atoms with Crippen LogP contribution >= 0.6 is 0 Å². The Balaban J connectivity index is 1.04. The van der Waals surface area contributed by atoms with Gasteiger partial charge in [-0.05, 0) is 111 Å². The first-order valence-electron chi connectivity index (χ1n) is 19.2. The number of hydrogen-bond donors (Lipinski definition) is 1. The molecule has 1 unspecified atom stereocenters. The van der Waals surface area contributed by atoms with Crippen LogP contribution < -0.4 is 0 Å². The largest absolute Gasteiger partial charge is 0.388 e. The van der Waals surface area contributed by atoms with Gasteiger partial charge in [-0.1, -0.05) is 34.6 Å². The Morgan fingerprint density at radius 3 is 2.34 bits per heavy atom. The molecule has 0 aromatic rings. The molecule has 5 saturated carbocycles. The summed E-state index contributed by atoms with van der Waals surface area (Å²) in [6, 6.07) is 0.533. The zero-order valence-corrected chi connectivity index (χ0v) is 30.9. The molecule has 8 nitrogen and oxygen atoms in total. The van der Waals surface area contributed by atoms with Gasteiger partial charge < -0.3 is 33.5 Å². The Bertz CT molecular complexity index is 1200. The lowest BCUT2D eigenvalue weighted by Crippen LogP contribution is -2.61. The topological polar surface area (TPSA) is 78.9 Å². The average molecular weight is 660 g/mol. The van der Waals surface area contributed by atoms with Gasteiger partial charge in [-0.15, -0.1) is 0 Å². The van der Waals surface area contributed by atoms with Crippen molar-refractivity contribution in [3.63, 3.8) is 0 Å². The summed E-state index contributed by atoms with van der Waals surface area (Å²) in [5.41, 5.74) is 0.130. The van der Waals surface area contributed by atoms with Crippen LogP contribution in [0, 0.1) is 50.7 Å². The van der Waals surface area contributed by atoms with E-state index in [1.807, 2.05) is 21.0 Å². The second-order valence-electron chi connectivity index (χ2n) is 19.2. The van der Waals surface area contributed by atoms with E-state index in [4.69, 9.17) is 28.4 Å². The van der Waals surface area contributed by atoms with Crippen LogP contribution in [-0.4, -0.2) is 106 Å². The first-order valence-corrected chi connectivity index (χ1v) is 19.2. The van der Waals surface area contributed by atoms with Crippen molar-refractivity contribution in [2.24, 2.45) is 50.7 Å². The fourth-order valence-corrected chi connectivity index (χ4v) is 14.7. The predicted octanol–water partition coefficient (Wildman–Crippen LogP) is 5.68. The number of morpholine rings is 1. The maximum atomic E-state index is 11.0. The quantitative estimate of drug-likeness (QED) is 0.374. The predicted molar refractivity (Wildman–Crippen MR) is 179 cm³/mol. The Kier molecular flexibility index (Phi) is 7.98. The molecule has 1 N–H and O–H groups in total. The Hall–Kier alpha value is -0.320. The van der Waals surface area contributed by atoms with Crippen LogP contribution in [0.1, 0.15) is 99.8 Å². The van der Waals surface area contributed by atoms with E-state index < -0.39 is 5.60 Å². The molecule has 268 valence electrons. The average Bonchev–Trinajstić information content (AvgIpc) is 3.58. The minimum atomic E-state index is -0.972. The van der Waals surface area contributed by atoms with Gasteiger partial charge in [0.15, 0.2) is 6.29 Å². The molecule has 2 spiro atoms. The van der Waals surface area contributed by atoms with Crippen molar-refractivity contribution in [1.29, 1.82) is 0 Å². The van der Waals surface area contributed by atoms with Gasteiger partial charge in [-0.2, -0.15) is 0 Å². The third-order valence-corrected chi connectivity index (χ3v) is 16.8. The van der Waals surface area contributed by atoms with Crippen molar-refractivity contribution < 1.29 is 33.5 Å². The van der Waals surface area contributed by atoms with Gasteiger partial charge in [0.05, 0.1) is 62.4 Å². The van der Waals surface area contributed by atoms with Crippen molar-refractivity contribution in [3.05, 3.63) is 0 Å². The van der Waals surface area contributed by atoms with Crippen molar-refractivity contribution >= 4 is 0 Å². The maximum absolute atomic E-state index is 11.0. The van der Waals surface area contributed by atoms with E-state index in [1.165, 1.54) is 38.5 Å². The molecule has 8 fully saturated rings. The lowest BCUT2D eigenvalue weighted by Gasteiger charge is -2.64. The monoisotopic (exact) mass is 659 g/mol. The summed E-state index contributed by atoms with van der Waals surface area (Å²) >= 11 is 0. The zero-order chi connectivity index (χ0) is 33.4. The van der Waals surface area contributed by atoms with Crippen molar-refractivity contribution in [2.75, 3.05) is 47.1 Å². The second-order valence-corrected chi connectivity index (χ2v) is 19.2. The van der Waals surface area contributed by atoms with E-state index >= 15 is 0 Å². The number of rotatable bonds is 7. The van der Waals surface area contributed by atoms with E-state index in [9.17, 15) is 5.11 Å². The molecule has 0 aromatic carbocycles. The fourth-order valence-electron chi connectivity index (χ4n) is 14.7. The van der Waals surface area contributed by atoms with E-state index in [0.29, 0.717) is 40.5 Å². The van der Waals surface area contributed by atoms with Gasteiger partial charge >= 0.3 is 0 Å². The molecule has 8 heteroatoms. The van der Waals surface area contributed by atoms with E-state index in [0.717, 1.165) is 45.8 Å². The van der Waals surface area contributed by atoms with Crippen molar-refractivity contribution in [3.8, 4) is 0 Å². The molecule has 3 saturated heterocycles. The molecule has 0 bridgehead atoms. The highest BCUT2D eigenvalue weighted by atomic mass is 16.7. The van der Waals surface area contributed by atoms with Crippen LogP contribution in [0.2, 0.25) is 0 Å². The summed E-state index contributed by atoms with van der Waals surface area (Å²) in [6.45, 7) is 20.7. The molecule has 0 aromatic heterocycles. The number of methoxy groups -OCH3 is 2. The zero-order valence-electron chi connectivity index (χ0n) is 30.9. The summed E-state index contributed by atoms with van der Waals surface area (Å²) < 4.78 is 38.4. The lowest BCUT2D eigenvalue weighted by atomic mass is 9.41. The minimum Gasteiger partial charge on any atom is -0.388 e. The van der Waals surface area contributed by atoms with Gasteiger partial charge in [0.1, 0.15) is 6.10 Å². The van der Waals surface area contributed by atoms with E-state index in [-0.39, 0.29) is 53.1 Å². The molecular weight excluding hydrogens is 594 g/mol. The Labute approximate surface area is 284 Å². The Morgan fingerprint density at radius 2 is 1.68 bits per heavy atom. The highest BCUT2D eigenvalue weighted by Gasteiger charge is 2.85. The smallest absolute Gasteiger partial charge is 0.170 e. The van der Waals surface area contributed by atoms with Crippen LogP contribution in [0.5, 0.6) is 0 Å². The molecule has 3 heterocycles. The third-order valence-electron chi connectivity index (χ3n) is 16.8. The first kappa shape index (κ1) is 33.8. The lowest BCUT2D eigenvalue weighted by molar-refractivity contribution is -0.256. The van der Waals surface area contributed by atoms with Crippen molar-refractivity contribution in [2.45, 2.75) is 148 Å². The highest BCUT2D eigenvalue weighted by Crippen LogP contribution is 2.89. The molecule has 8 aliphatic rings. The number of aliphatic hydroxyl groups is 1. The summed E-state index contributed by atoms with van der Waals surface area (Å²) in [6.07, 6.45) is 9.50. The summed E-state index contributed by atoms with van der Waals surface area (Å²) in [5, 5.41) is 11.0. The van der Waals surface area contributed by atoms with Gasteiger partial charge in [0.25, 0.3) is 0 Å². The summed E-state index contributed by atoms with van der Waals surface area (Å²) in [4.78, 5) is 2.52. The number of hydrogen-bond acceptors (Lipinski definition) is 8. The van der Waals surface area contributed by atoms with Gasteiger partial charge in [-0.25, -0.2) is 0 Å². The molecular formula is C39H65NO7. The van der Waals surface area contributed by atoms with Crippen LogP contribution in [0.3, 0.4) is 0 Å². The summed E-state index contributed by atoms with van der Waals surface area (Å²) in [7, 11) is 3.65. The molecule has 14 atom stereocenters. The SMILES string of the molecule is CO[C@@H]([C@H]1C[C@@H](C)[C@H]2[C@H](O1)[C@H](OC)[C@@]1(C)C3CC[C@H]4C(C)(C)[C@@H](O[C@H]5CN(C6COC6)CCO5)CC[C@@]45C[C@@]35CC[C@]21C)C(C)(C)O. The number of fused-ring (bicyclic) bond motifs is 4. The van der Waals surface area contributed by atoms with E-state index in [1.54, 1.807) is 7.11 Å². The van der Waals surface area contributed by atoms with Crippen LogP contribution in [-0.2, 0) is 28.4 Å². The van der Waals surface area contributed by atoms with Gasteiger partial charge in [0, 0.05) is 26.2 Å². The fraction of sp³-hybridized carbons (Fsp3) is 1.00. The summed E-state index contributed by atoms with van der Waals surface area (Å²) in [5.74, 6) is 2.23. The standard InChI is InChI=1S/C39H65NO7/c1-23-18-25(32(42-8)35(4,5)41)46-31-30(23)36(6)14-15-39-22-38(39)13-12-28(47-29-19-40(16-17-45-29)24-20-44-21-24)34(2,3)26(38)10-11-27(39)37(36,7)33(31)43-9/h23-33,41H,10-22H2,1-9H3/t23-,25-,26+,27?,28+,29+,30+,31+,32+,33+,36-,37-,38-,39+/m1/s1. The van der Waals surface area contributed by atoms with Crippen LogP contribution in [0.25, 0.3) is 0 Å². The second kappa shape index (κ2) is 11.1. The van der Waals surface area contributed by atoms with Gasteiger partial charge in [-0.3, -0.25) is 4.90 Å². The first-order chi connectivity index (χ1) is 22.2. The van der Waals surface area contributed by atoms with E-state index in [2.05, 4.69) is 39.5 Å².